The van der Waals surface area contributed by atoms with Crippen LogP contribution in [0.3, 0.4) is 0 Å². The van der Waals surface area contributed by atoms with E-state index in [0.29, 0.717) is 12.4 Å². The van der Waals surface area contributed by atoms with Crippen molar-refractivity contribution in [3.05, 3.63) is 47.1 Å². The number of hydrogen-bond donors (Lipinski definition) is 1. The topological polar surface area (TPSA) is 56.9 Å². The summed E-state index contributed by atoms with van der Waals surface area (Å²) in [6.45, 7) is 10.5. The largest absolute Gasteiger partial charge is 0.443 e. The lowest BCUT2D eigenvalue weighted by atomic mass is 9.94. The summed E-state index contributed by atoms with van der Waals surface area (Å²) in [7, 11) is 1.81. The summed E-state index contributed by atoms with van der Waals surface area (Å²) in [6, 6.07) is 8.01. The maximum atomic E-state index is 6.11. The third-order valence-electron chi connectivity index (χ3n) is 4.65. The van der Waals surface area contributed by atoms with Crippen LogP contribution in [0.2, 0.25) is 5.02 Å². The van der Waals surface area contributed by atoms with Crippen LogP contribution in [0, 0.1) is 0 Å². The van der Waals surface area contributed by atoms with Crippen molar-refractivity contribution in [1.29, 1.82) is 0 Å². The monoisotopic (exact) mass is 517 g/mol. The number of anilines is 1. The van der Waals surface area contributed by atoms with Gasteiger partial charge in [-0.3, -0.25) is 4.99 Å². The Balaban J connectivity index is 0.00000280. The first-order valence-corrected chi connectivity index (χ1v) is 9.66. The molecule has 1 saturated heterocycles. The van der Waals surface area contributed by atoms with Gasteiger partial charge in [0, 0.05) is 49.4 Å². The van der Waals surface area contributed by atoms with E-state index in [2.05, 4.69) is 51.9 Å². The molecule has 6 nitrogen and oxygen atoms in total. The van der Waals surface area contributed by atoms with Gasteiger partial charge in [-0.2, -0.15) is 0 Å². The Hall–Kier alpha value is -1.48. The minimum atomic E-state index is -0.0381. The molecule has 1 aliphatic rings. The summed E-state index contributed by atoms with van der Waals surface area (Å²) in [5, 5.41) is 4.14. The summed E-state index contributed by atoms with van der Waals surface area (Å²) in [6.07, 6.45) is 1.81. The van der Waals surface area contributed by atoms with Crippen molar-refractivity contribution in [1.82, 2.24) is 15.2 Å². The molecule has 2 aromatic rings. The molecule has 1 aromatic carbocycles. The van der Waals surface area contributed by atoms with E-state index in [0.717, 1.165) is 42.9 Å². The number of guanidine groups is 1. The number of benzene rings is 1. The molecule has 1 aliphatic heterocycles. The second kappa shape index (κ2) is 9.82. The Bertz CT molecular complexity index is 794. The average Bonchev–Trinajstić information content (AvgIpc) is 3.12. The minimum Gasteiger partial charge on any atom is -0.443 e. The van der Waals surface area contributed by atoms with E-state index in [1.165, 1.54) is 5.69 Å². The summed E-state index contributed by atoms with van der Waals surface area (Å²) < 4.78 is 5.85. The van der Waals surface area contributed by atoms with Gasteiger partial charge in [0.1, 0.15) is 5.76 Å². The third kappa shape index (κ3) is 5.76. The number of hydrogen-bond acceptors (Lipinski definition) is 4. The molecule has 0 bridgehead atoms. The number of aliphatic imine (C=N–C) groups is 1. The van der Waals surface area contributed by atoms with Gasteiger partial charge >= 0.3 is 0 Å². The van der Waals surface area contributed by atoms with Crippen LogP contribution in [0.25, 0.3) is 0 Å². The fourth-order valence-corrected chi connectivity index (χ4v) is 3.26. The number of aromatic nitrogens is 1. The predicted octanol–water partition coefficient (Wildman–Crippen LogP) is 4.14. The van der Waals surface area contributed by atoms with Gasteiger partial charge in [0.2, 0.25) is 5.89 Å². The van der Waals surface area contributed by atoms with Gasteiger partial charge < -0.3 is 19.5 Å². The quantitative estimate of drug-likeness (QED) is 0.377. The van der Waals surface area contributed by atoms with Crippen LogP contribution in [0.1, 0.15) is 32.4 Å². The molecule has 0 radical (unpaired) electrons. The van der Waals surface area contributed by atoms with Crippen LogP contribution < -0.4 is 10.2 Å². The number of nitrogens with zero attached hydrogens (tertiary/aromatic N) is 4. The van der Waals surface area contributed by atoms with Crippen molar-refractivity contribution in [2.75, 3.05) is 38.1 Å². The molecule has 0 saturated carbocycles. The van der Waals surface area contributed by atoms with E-state index in [-0.39, 0.29) is 29.4 Å². The van der Waals surface area contributed by atoms with E-state index in [1.807, 2.05) is 31.4 Å². The van der Waals surface area contributed by atoms with Crippen LogP contribution in [0.5, 0.6) is 0 Å². The Labute approximate surface area is 189 Å². The highest BCUT2D eigenvalue weighted by atomic mass is 127. The fraction of sp³-hybridized carbons (Fsp3) is 0.500. The molecular weight excluding hydrogens is 489 g/mol. The van der Waals surface area contributed by atoms with Crippen molar-refractivity contribution >= 4 is 47.2 Å². The minimum absolute atomic E-state index is 0. The number of halogens is 2. The zero-order valence-corrected chi connectivity index (χ0v) is 20.0. The van der Waals surface area contributed by atoms with Crippen LogP contribution in [0.15, 0.2) is 39.9 Å². The van der Waals surface area contributed by atoms with Crippen LogP contribution >= 0.6 is 35.6 Å². The molecule has 154 valence electrons. The van der Waals surface area contributed by atoms with Gasteiger partial charge in [0.05, 0.1) is 12.7 Å². The number of oxazole rings is 1. The van der Waals surface area contributed by atoms with Gasteiger partial charge in [-0.05, 0) is 18.2 Å². The highest BCUT2D eigenvalue weighted by Crippen LogP contribution is 2.23. The van der Waals surface area contributed by atoms with Crippen LogP contribution in [-0.2, 0) is 12.0 Å². The van der Waals surface area contributed by atoms with Crippen molar-refractivity contribution in [3.63, 3.8) is 0 Å². The lowest BCUT2D eigenvalue weighted by Crippen LogP contribution is -2.52. The van der Waals surface area contributed by atoms with Crippen molar-refractivity contribution in [2.45, 2.75) is 32.7 Å². The Morgan fingerprint density at radius 1 is 1.25 bits per heavy atom. The first-order chi connectivity index (χ1) is 12.9. The van der Waals surface area contributed by atoms with Crippen molar-refractivity contribution < 1.29 is 4.42 Å². The molecule has 3 rings (SSSR count). The highest BCUT2D eigenvalue weighted by Gasteiger charge is 2.22. The number of rotatable bonds is 3. The average molecular weight is 518 g/mol. The highest BCUT2D eigenvalue weighted by molar-refractivity contribution is 14.0. The van der Waals surface area contributed by atoms with Gasteiger partial charge in [-0.1, -0.05) is 38.4 Å². The van der Waals surface area contributed by atoms with E-state index >= 15 is 0 Å². The lowest BCUT2D eigenvalue weighted by molar-refractivity contribution is 0.359. The third-order valence-corrected chi connectivity index (χ3v) is 4.89. The zero-order chi connectivity index (χ0) is 19.4. The van der Waals surface area contributed by atoms with Crippen molar-refractivity contribution in [3.8, 4) is 0 Å². The molecule has 1 N–H and O–H groups in total. The van der Waals surface area contributed by atoms with Crippen molar-refractivity contribution in [2.24, 2.45) is 4.99 Å². The van der Waals surface area contributed by atoms with Gasteiger partial charge in [-0.25, -0.2) is 4.98 Å². The maximum Gasteiger partial charge on any atom is 0.213 e. The summed E-state index contributed by atoms with van der Waals surface area (Å²) in [5.74, 6) is 2.44. The summed E-state index contributed by atoms with van der Waals surface area (Å²) >= 11 is 6.11. The zero-order valence-electron chi connectivity index (χ0n) is 16.9. The summed E-state index contributed by atoms with van der Waals surface area (Å²) in [5.41, 5.74) is 1.13. The second-order valence-electron chi connectivity index (χ2n) is 7.72. The maximum absolute atomic E-state index is 6.11. The molecule has 0 atom stereocenters. The molecule has 1 fully saturated rings. The number of piperazine rings is 1. The smallest absolute Gasteiger partial charge is 0.213 e. The SMILES string of the molecule is CN=C(NCc1ncc(C(C)(C)C)o1)N1CCN(c2cccc(Cl)c2)CC1.I. The van der Waals surface area contributed by atoms with E-state index in [4.69, 9.17) is 16.0 Å². The molecule has 2 heterocycles. The molecule has 28 heavy (non-hydrogen) atoms. The lowest BCUT2D eigenvalue weighted by Gasteiger charge is -2.37. The molecule has 8 heteroatoms. The molecule has 0 amide bonds. The van der Waals surface area contributed by atoms with Crippen LogP contribution in [-0.4, -0.2) is 49.1 Å². The van der Waals surface area contributed by atoms with Crippen LogP contribution in [0.4, 0.5) is 5.69 Å². The summed E-state index contributed by atoms with van der Waals surface area (Å²) in [4.78, 5) is 13.4. The standard InChI is InChI=1S/C20H28ClN5O.HI/c1-20(2,3)17-13-23-18(27-17)14-24-19(22-4)26-10-8-25(9-11-26)16-7-5-6-15(21)12-16;/h5-7,12-13H,8-11,14H2,1-4H3,(H,22,24);1H. The van der Waals surface area contributed by atoms with Gasteiger partial charge in [0.25, 0.3) is 0 Å². The Kier molecular flexibility index (Phi) is 8.00. The van der Waals surface area contributed by atoms with E-state index in [1.54, 1.807) is 0 Å². The molecule has 0 spiro atoms. The molecule has 1 aromatic heterocycles. The first kappa shape index (κ1) is 22.8. The second-order valence-corrected chi connectivity index (χ2v) is 8.16. The van der Waals surface area contributed by atoms with E-state index < -0.39 is 0 Å². The first-order valence-electron chi connectivity index (χ1n) is 9.28. The Morgan fingerprint density at radius 2 is 1.96 bits per heavy atom. The predicted molar refractivity (Wildman–Crippen MR) is 126 cm³/mol. The van der Waals surface area contributed by atoms with Gasteiger partial charge in [-0.15, -0.1) is 24.0 Å². The van der Waals surface area contributed by atoms with E-state index in [9.17, 15) is 0 Å². The number of nitrogens with one attached hydrogen (secondary N) is 1. The Morgan fingerprint density at radius 3 is 2.54 bits per heavy atom. The fourth-order valence-electron chi connectivity index (χ4n) is 3.07. The van der Waals surface area contributed by atoms with Gasteiger partial charge in [0.15, 0.2) is 5.96 Å². The molecular formula is C20H29ClIN5O. The molecule has 0 unspecified atom stereocenters. The normalized spacial score (nSPS) is 15.4. The molecule has 0 aliphatic carbocycles.